The Kier molecular flexibility index (Phi) is 5.36. The summed E-state index contributed by atoms with van der Waals surface area (Å²) in [5.41, 5.74) is 2.91. The minimum absolute atomic E-state index is 0.110. The summed E-state index contributed by atoms with van der Waals surface area (Å²) < 4.78 is 10.9. The van der Waals surface area contributed by atoms with Crippen LogP contribution in [0, 0.1) is 6.92 Å². The summed E-state index contributed by atoms with van der Waals surface area (Å²) >= 11 is 1.41. The number of hydrogen-bond donors (Lipinski definition) is 1. The Balaban J connectivity index is 1.59. The molecule has 0 aliphatic heterocycles. The molecule has 1 N–H and O–H groups in total. The van der Waals surface area contributed by atoms with Crippen molar-refractivity contribution in [3.63, 3.8) is 0 Å². The molecule has 0 unspecified atom stereocenters. The molecule has 0 spiro atoms. The van der Waals surface area contributed by atoms with E-state index >= 15 is 0 Å². The number of benzene rings is 2. The average Bonchev–Trinajstić information content (AvgIpc) is 3.11. The molecule has 0 bridgehead atoms. The van der Waals surface area contributed by atoms with E-state index in [1.807, 2.05) is 66.9 Å². The number of aryl methyl sites for hydroxylation is 1. The van der Waals surface area contributed by atoms with Crippen LogP contribution >= 0.6 is 11.3 Å². The second-order valence-corrected chi connectivity index (χ2v) is 6.52. The van der Waals surface area contributed by atoms with Crippen molar-refractivity contribution >= 4 is 22.9 Å². The Hall–Kier alpha value is -2.79. The maximum atomic E-state index is 12.3. The Morgan fingerprint density at radius 3 is 2.60 bits per heavy atom. The van der Waals surface area contributed by atoms with Crippen LogP contribution in [-0.2, 0) is 6.61 Å². The van der Waals surface area contributed by atoms with Crippen molar-refractivity contribution in [1.29, 1.82) is 0 Å². The molecule has 0 saturated carbocycles. The number of hydrogen-bond acceptors (Lipinski definition) is 4. The van der Waals surface area contributed by atoms with E-state index in [1.54, 1.807) is 7.11 Å². The number of anilines is 1. The van der Waals surface area contributed by atoms with E-state index in [0.29, 0.717) is 11.5 Å². The van der Waals surface area contributed by atoms with Crippen molar-refractivity contribution in [3.8, 4) is 11.5 Å². The molecule has 3 aromatic rings. The van der Waals surface area contributed by atoms with E-state index < -0.39 is 0 Å². The van der Waals surface area contributed by atoms with Gasteiger partial charge in [0.1, 0.15) is 18.1 Å². The Bertz CT molecular complexity index is 855. The fourth-order valence-electron chi connectivity index (χ4n) is 2.26. The summed E-state index contributed by atoms with van der Waals surface area (Å²) in [6.45, 7) is 2.42. The second-order valence-electron chi connectivity index (χ2n) is 5.61. The molecule has 1 heterocycles. The van der Waals surface area contributed by atoms with Crippen LogP contribution in [0.1, 0.15) is 20.8 Å². The standard InChI is InChI=1S/C20H19NO3S/c1-14-6-8-16(9-7-14)21-20(22)19-10-15(13-25-19)12-24-18-5-3-4-17(11-18)23-2/h3-11,13H,12H2,1-2H3,(H,21,22). The van der Waals surface area contributed by atoms with Crippen molar-refractivity contribution in [2.75, 3.05) is 12.4 Å². The molecule has 5 heteroatoms. The van der Waals surface area contributed by atoms with Gasteiger partial charge in [0.15, 0.2) is 0 Å². The fourth-order valence-corrected chi connectivity index (χ4v) is 3.05. The third-order valence-corrected chi connectivity index (χ3v) is 4.61. The van der Waals surface area contributed by atoms with E-state index in [4.69, 9.17) is 9.47 Å². The van der Waals surface area contributed by atoms with Gasteiger partial charge in [0.25, 0.3) is 5.91 Å². The zero-order chi connectivity index (χ0) is 17.6. The van der Waals surface area contributed by atoms with Gasteiger partial charge in [-0.25, -0.2) is 0 Å². The smallest absolute Gasteiger partial charge is 0.265 e. The third kappa shape index (κ3) is 4.61. The summed E-state index contributed by atoms with van der Waals surface area (Å²) in [6, 6.07) is 17.0. The van der Waals surface area contributed by atoms with Crippen LogP contribution in [-0.4, -0.2) is 13.0 Å². The Labute approximate surface area is 151 Å². The van der Waals surface area contributed by atoms with Crippen LogP contribution in [0.25, 0.3) is 0 Å². The molecule has 128 valence electrons. The highest BCUT2D eigenvalue weighted by atomic mass is 32.1. The van der Waals surface area contributed by atoms with Gasteiger partial charge < -0.3 is 14.8 Å². The Morgan fingerprint density at radius 2 is 1.84 bits per heavy atom. The summed E-state index contributed by atoms with van der Waals surface area (Å²) in [5.74, 6) is 1.37. The maximum Gasteiger partial charge on any atom is 0.265 e. The quantitative estimate of drug-likeness (QED) is 0.686. The first-order valence-corrected chi connectivity index (χ1v) is 8.74. The molecular weight excluding hydrogens is 334 g/mol. The summed E-state index contributed by atoms with van der Waals surface area (Å²) in [7, 11) is 1.62. The van der Waals surface area contributed by atoms with E-state index in [-0.39, 0.29) is 5.91 Å². The van der Waals surface area contributed by atoms with Crippen LogP contribution in [0.3, 0.4) is 0 Å². The molecule has 25 heavy (non-hydrogen) atoms. The van der Waals surface area contributed by atoms with Crippen LogP contribution in [0.2, 0.25) is 0 Å². The third-order valence-electron chi connectivity index (χ3n) is 3.63. The van der Waals surface area contributed by atoms with Crippen molar-refractivity contribution in [1.82, 2.24) is 0 Å². The van der Waals surface area contributed by atoms with Gasteiger partial charge >= 0.3 is 0 Å². The fraction of sp³-hybridized carbons (Fsp3) is 0.150. The van der Waals surface area contributed by atoms with Crippen molar-refractivity contribution in [2.45, 2.75) is 13.5 Å². The van der Waals surface area contributed by atoms with Gasteiger partial charge in [-0.15, -0.1) is 11.3 Å². The number of ether oxygens (including phenoxy) is 2. The van der Waals surface area contributed by atoms with E-state index in [1.165, 1.54) is 11.3 Å². The molecule has 1 aromatic heterocycles. The van der Waals surface area contributed by atoms with E-state index in [0.717, 1.165) is 28.3 Å². The molecule has 2 aromatic carbocycles. The molecule has 4 nitrogen and oxygen atoms in total. The molecule has 0 fully saturated rings. The number of rotatable bonds is 6. The van der Waals surface area contributed by atoms with E-state index in [9.17, 15) is 4.79 Å². The monoisotopic (exact) mass is 353 g/mol. The first-order chi connectivity index (χ1) is 12.1. The lowest BCUT2D eigenvalue weighted by atomic mass is 10.2. The zero-order valence-electron chi connectivity index (χ0n) is 14.1. The van der Waals surface area contributed by atoms with Crippen LogP contribution in [0.4, 0.5) is 5.69 Å². The molecule has 0 radical (unpaired) electrons. The van der Waals surface area contributed by atoms with Gasteiger partial charge in [-0.3, -0.25) is 4.79 Å². The largest absolute Gasteiger partial charge is 0.497 e. The summed E-state index contributed by atoms with van der Waals surface area (Å²) in [6.07, 6.45) is 0. The number of carbonyl (C=O) groups excluding carboxylic acids is 1. The van der Waals surface area contributed by atoms with Crippen LogP contribution < -0.4 is 14.8 Å². The highest BCUT2D eigenvalue weighted by Gasteiger charge is 2.10. The predicted molar refractivity (Wildman–Crippen MR) is 101 cm³/mol. The van der Waals surface area contributed by atoms with Gasteiger partial charge in [-0.05, 0) is 42.6 Å². The molecule has 0 saturated heterocycles. The van der Waals surface area contributed by atoms with Crippen LogP contribution in [0.5, 0.6) is 11.5 Å². The SMILES string of the molecule is COc1cccc(OCc2csc(C(=O)Nc3ccc(C)cc3)c2)c1. The molecule has 0 aliphatic carbocycles. The van der Waals surface area contributed by atoms with Crippen molar-refractivity contribution < 1.29 is 14.3 Å². The van der Waals surface area contributed by atoms with Gasteiger partial charge in [0, 0.05) is 17.3 Å². The number of thiophene rings is 1. The van der Waals surface area contributed by atoms with Gasteiger partial charge in [0.2, 0.25) is 0 Å². The second kappa shape index (κ2) is 7.85. The molecular formula is C20H19NO3S. The molecule has 0 atom stereocenters. The summed E-state index contributed by atoms with van der Waals surface area (Å²) in [5, 5.41) is 4.84. The molecule has 3 rings (SSSR count). The van der Waals surface area contributed by atoms with Crippen molar-refractivity contribution in [3.05, 3.63) is 76.0 Å². The normalized spacial score (nSPS) is 10.3. The predicted octanol–water partition coefficient (Wildman–Crippen LogP) is 4.90. The zero-order valence-corrected chi connectivity index (χ0v) is 14.9. The topological polar surface area (TPSA) is 47.6 Å². The lowest BCUT2D eigenvalue weighted by molar-refractivity contribution is 0.103. The minimum atomic E-state index is -0.110. The van der Waals surface area contributed by atoms with E-state index in [2.05, 4.69) is 5.32 Å². The number of amides is 1. The lowest BCUT2D eigenvalue weighted by Gasteiger charge is -2.06. The first-order valence-electron chi connectivity index (χ1n) is 7.86. The maximum absolute atomic E-state index is 12.3. The van der Waals surface area contributed by atoms with Crippen LogP contribution in [0.15, 0.2) is 60.0 Å². The number of nitrogens with one attached hydrogen (secondary N) is 1. The minimum Gasteiger partial charge on any atom is -0.497 e. The van der Waals surface area contributed by atoms with Gasteiger partial charge in [-0.1, -0.05) is 23.8 Å². The highest BCUT2D eigenvalue weighted by Crippen LogP contribution is 2.22. The lowest BCUT2D eigenvalue weighted by Crippen LogP contribution is -2.10. The number of methoxy groups -OCH3 is 1. The first kappa shape index (κ1) is 17.0. The highest BCUT2D eigenvalue weighted by molar-refractivity contribution is 7.12. The molecule has 0 aliphatic rings. The van der Waals surface area contributed by atoms with Gasteiger partial charge in [0.05, 0.1) is 12.0 Å². The molecule has 1 amide bonds. The van der Waals surface area contributed by atoms with Crippen molar-refractivity contribution in [2.24, 2.45) is 0 Å². The summed E-state index contributed by atoms with van der Waals surface area (Å²) in [4.78, 5) is 13.0. The average molecular weight is 353 g/mol. The Morgan fingerprint density at radius 1 is 1.08 bits per heavy atom. The van der Waals surface area contributed by atoms with Gasteiger partial charge in [-0.2, -0.15) is 0 Å². The number of carbonyl (C=O) groups is 1.